The van der Waals surface area contributed by atoms with Gasteiger partial charge in [0, 0.05) is 46.9 Å². The van der Waals surface area contributed by atoms with Crippen LogP contribution < -0.4 is 75.4 Å². The fraction of sp³-hybridized carbons (Fsp3) is 0.286. The number of esters is 1. The minimum atomic E-state index is -1.75. The van der Waals surface area contributed by atoms with Crippen LogP contribution in [0.1, 0.15) is 86.4 Å². The Kier molecular flexibility index (Phi) is 33.6. The lowest BCUT2D eigenvalue weighted by atomic mass is 10.0. The first-order chi connectivity index (χ1) is 59.6. The van der Waals surface area contributed by atoms with Gasteiger partial charge in [0.15, 0.2) is 0 Å². The molecule has 35 heteroatoms. The maximum atomic E-state index is 14.6. The third-order valence-corrected chi connectivity index (χ3v) is 19.3. The maximum absolute atomic E-state index is 14.6. The fourth-order valence-electron chi connectivity index (χ4n) is 12.9. The van der Waals surface area contributed by atoms with Crippen LogP contribution in [0.15, 0.2) is 217 Å². The van der Waals surface area contributed by atoms with Gasteiger partial charge in [-0.05, 0) is 163 Å². The molecule has 0 aliphatic heterocycles. The average molecular weight is 1750 g/mol. The normalized spacial score (nSPS) is 11.8. The highest BCUT2D eigenvalue weighted by molar-refractivity contribution is 5.82. The molecule has 0 saturated carbocycles. The molecule has 8 N–H and O–H groups in total. The lowest BCUT2D eigenvalue weighted by Gasteiger charge is -2.24. The average Bonchev–Trinajstić information content (AvgIpc) is 0.780. The molecule has 11 rings (SSSR count). The molecule has 0 bridgehead atoms. The van der Waals surface area contributed by atoms with Crippen molar-refractivity contribution in [2.75, 3.05) is 28.4 Å². The van der Waals surface area contributed by atoms with Crippen molar-refractivity contribution >= 4 is 30.0 Å². The Morgan fingerprint density at radius 1 is 0.413 bits per heavy atom. The van der Waals surface area contributed by atoms with Gasteiger partial charge in [-0.15, -0.1) is 0 Å². The molecule has 666 valence electrons. The van der Waals surface area contributed by atoms with E-state index in [-0.39, 0.29) is 45.9 Å². The molecule has 3 atom stereocenters. The number of rotatable bonds is 26. The van der Waals surface area contributed by atoms with E-state index in [0.29, 0.717) is 49.6 Å². The summed E-state index contributed by atoms with van der Waals surface area (Å²) >= 11 is 0. The second-order valence-electron chi connectivity index (χ2n) is 30.3. The summed E-state index contributed by atoms with van der Waals surface area (Å²) in [7, 11) is 5.41. The van der Waals surface area contributed by atoms with Gasteiger partial charge in [0.1, 0.15) is 81.5 Å². The number of nitrogens with two attached hydrogens (primary N) is 2. The number of halogens is 6. The number of carboxylic acids is 1. The largest absolute Gasteiger partial charge is 0.497 e. The number of alkyl carbamates (subject to hydrolysis) is 2. The zero-order valence-corrected chi connectivity index (χ0v) is 71.3. The highest BCUT2D eigenvalue weighted by Gasteiger charge is 2.33. The molecular formula is C91H97F6N11O18. The molecule has 0 aliphatic carbocycles. The summed E-state index contributed by atoms with van der Waals surface area (Å²) in [4.78, 5) is 144. The monoisotopic (exact) mass is 1750 g/mol. The van der Waals surface area contributed by atoms with Crippen molar-refractivity contribution in [2.24, 2.45) is 11.5 Å². The first-order valence-corrected chi connectivity index (χ1v) is 39.0. The summed E-state index contributed by atoms with van der Waals surface area (Å²) in [6, 6.07) is 44.0. The summed E-state index contributed by atoms with van der Waals surface area (Å²) < 4.78 is 123. The topological polar surface area (TPSA) is 381 Å². The SMILES string of the molecule is COC(=O)[C@H](Cn1c(=O)c(-c2cccc(OC)c2)c(C)n(Cc2c(F)cccc2F)c1=O)NC(=O)OC(C)(C)C.COc1cccc(-c2c(C)n(Cc3c(F)cccc3F)c(=O)n(C[C@H](N)C(=O)NCc3ccccc3)c2=O)c1.COc1cccc(-c2c(C)n(Cc3c(F)cccc3F)c(=O)n(C[C@H](NC(=O)OC(C)(C)C)C(=O)O)c2=O)c1.NCc1ccccc1. The Morgan fingerprint density at radius 3 is 1.01 bits per heavy atom. The molecule has 0 spiro atoms. The van der Waals surface area contributed by atoms with Gasteiger partial charge < -0.3 is 60.9 Å². The molecular weight excluding hydrogens is 1650 g/mol. The van der Waals surface area contributed by atoms with Crippen LogP contribution in [0, 0.1) is 55.7 Å². The quantitative estimate of drug-likeness (QED) is 0.0167. The van der Waals surface area contributed by atoms with Crippen LogP contribution in [0.3, 0.4) is 0 Å². The van der Waals surface area contributed by atoms with E-state index in [4.69, 9.17) is 39.9 Å². The van der Waals surface area contributed by atoms with Crippen LogP contribution in [0.2, 0.25) is 0 Å². The number of hydrogen-bond acceptors (Lipinski definition) is 19. The van der Waals surface area contributed by atoms with Crippen LogP contribution >= 0.6 is 0 Å². The summed E-state index contributed by atoms with van der Waals surface area (Å²) in [5.74, 6) is -7.03. The molecule has 29 nitrogen and oxygen atoms in total. The highest BCUT2D eigenvalue weighted by atomic mass is 19.2. The number of aliphatic carboxylic acids is 1. The van der Waals surface area contributed by atoms with E-state index in [1.807, 2.05) is 60.7 Å². The van der Waals surface area contributed by atoms with E-state index in [0.717, 1.165) is 67.3 Å². The zero-order valence-electron chi connectivity index (χ0n) is 71.3. The first kappa shape index (κ1) is 97.1. The van der Waals surface area contributed by atoms with E-state index >= 15 is 0 Å². The van der Waals surface area contributed by atoms with Gasteiger partial charge >= 0.3 is 41.2 Å². The van der Waals surface area contributed by atoms with Crippen LogP contribution in [0.4, 0.5) is 35.9 Å². The van der Waals surface area contributed by atoms with Gasteiger partial charge in [0.25, 0.3) is 16.7 Å². The summed E-state index contributed by atoms with van der Waals surface area (Å²) in [6.45, 7) is 11.4. The smallest absolute Gasteiger partial charge is 0.408 e. The number of carboxylic acid groups (broad SMARTS) is 1. The van der Waals surface area contributed by atoms with E-state index < -0.39 is 178 Å². The van der Waals surface area contributed by atoms with Crippen molar-refractivity contribution in [3.63, 3.8) is 0 Å². The predicted molar refractivity (Wildman–Crippen MR) is 458 cm³/mol. The van der Waals surface area contributed by atoms with Crippen molar-refractivity contribution in [3.8, 4) is 50.6 Å². The van der Waals surface area contributed by atoms with Gasteiger partial charge in [-0.3, -0.25) is 46.6 Å². The molecule has 0 aliphatic rings. The third-order valence-electron chi connectivity index (χ3n) is 19.3. The Labute approximate surface area is 718 Å². The zero-order chi connectivity index (χ0) is 92.8. The van der Waals surface area contributed by atoms with Gasteiger partial charge in [-0.2, -0.15) is 0 Å². The number of nitrogens with zero attached hydrogens (tertiary/aromatic N) is 6. The lowest BCUT2D eigenvalue weighted by Crippen LogP contribution is -2.51. The van der Waals surface area contributed by atoms with Crippen molar-refractivity contribution in [1.29, 1.82) is 0 Å². The van der Waals surface area contributed by atoms with Gasteiger partial charge in [0.2, 0.25) is 5.91 Å². The number of aromatic nitrogens is 6. The second-order valence-corrected chi connectivity index (χ2v) is 30.3. The molecule has 11 aromatic rings. The molecule has 3 aromatic heterocycles. The number of nitrogens with one attached hydrogen (secondary N) is 3. The van der Waals surface area contributed by atoms with Gasteiger partial charge in [-0.25, -0.2) is 59.9 Å². The third kappa shape index (κ3) is 25.2. The Morgan fingerprint density at radius 2 is 0.714 bits per heavy atom. The molecule has 0 radical (unpaired) electrons. The summed E-state index contributed by atoms with van der Waals surface area (Å²) in [5, 5.41) is 16.9. The Hall–Kier alpha value is -14.4. The molecule has 0 unspecified atom stereocenters. The molecule has 126 heavy (non-hydrogen) atoms. The van der Waals surface area contributed by atoms with Crippen molar-refractivity contribution < 1.29 is 83.8 Å². The van der Waals surface area contributed by atoms with Crippen LogP contribution in [0.5, 0.6) is 17.2 Å². The van der Waals surface area contributed by atoms with Crippen LogP contribution in [-0.2, 0) is 81.0 Å². The summed E-state index contributed by atoms with van der Waals surface area (Å²) in [5.41, 5.74) is 6.92. The van der Waals surface area contributed by atoms with E-state index in [1.165, 1.54) is 71.9 Å². The van der Waals surface area contributed by atoms with Crippen molar-refractivity contribution in [1.82, 2.24) is 43.4 Å². The molecule has 0 saturated heterocycles. The van der Waals surface area contributed by atoms with E-state index in [1.54, 1.807) is 108 Å². The van der Waals surface area contributed by atoms with E-state index in [2.05, 4.69) is 16.0 Å². The Balaban J connectivity index is 0.000000223. The van der Waals surface area contributed by atoms with Gasteiger partial charge in [-0.1, -0.05) is 115 Å². The predicted octanol–water partition coefficient (Wildman–Crippen LogP) is 10.8. The minimum Gasteiger partial charge on any atom is -0.497 e. The number of methoxy groups -OCH3 is 4. The van der Waals surface area contributed by atoms with Crippen LogP contribution in [0.25, 0.3) is 33.4 Å². The molecule has 3 amide bonds. The summed E-state index contributed by atoms with van der Waals surface area (Å²) in [6.07, 6.45) is -2.05. The Bertz CT molecular complexity index is 6100. The first-order valence-electron chi connectivity index (χ1n) is 39.0. The minimum absolute atomic E-state index is 0.0216. The second kappa shape index (κ2) is 43.6. The van der Waals surface area contributed by atoms with Crippen LogP contribution in [-0.4, -0.2) is 120 Å². The number of ether oxygens (including phenoxy) is 6. The molecule has 3 heterocycles. The molecule has 0 fully saturated rings. The maximum Gasteiger partial charge on any atom is 0.408 e. The van der Waals surface area contributed by atoms with Crippen molar-refractivity contribution in [2.45, 2.75) is 144 Å². The lowest BCUT2D eigenvalue weighted by molar-refractivity contribution is -0.143. The highest BCUT2D eigenvalue weighted by Crippen LogP contribution is 2.29. The molecule has 8 aromatic carbocycles. The number of amides is 3. The number of carbonyl (C=O) groups excluding carboxylic acids is 4. The van der Waals surface area contributed by atoms with Gasteiger partial charge in [0.05, 0.1) is 84.4 Å². The van der Waals surface area contributed by atoms with E-state index in [9.17, 15) is 84.2 Å². The standard InChI is InChI=1S/C29H28F2N4O4.C28H31F2N3O7.C27H29F2N3O7.C7H9N/c1-18-26(20-10-6-11-21(14-20)39-2)28(37)35(17-25(32)27(36)33-15-19-8-4-3-5-9-19)29(38)34(18)16-22-23(30)12-7-13-24(22)31;1-16-23(17-9-7-10-18(13-17)38-5)24(34)33(15-22(25(35)39-6)31-26(36)40-28(2,3)4)27(37)32(16)14-19-20(29)11-8-12-21(19)30;1-15-22(16-8-6-9-17(12-16)38-5)23(33)32(14-21(24(34)35)30-25(36)39-27(2,3)4)26(37)31(15)13-18-19(28)10-7-11-20(18)29;8-6-7-4-2-1-3-5-7/h3-14,25H,15-17,32H2,1-2H3,(H,33,36);7-13,22H,14-15H2,1-6H3,(H,31,36);6-12,21H,13-14H2,1-5H3,(H,30,36)(H,34,35);1-5H,6,8H2/t25-;22-;21-;/m000./s1. The number of carbonyl (C=O) groups is 5. The fourth-order valence-corrected chi connectivity index (χ4v) is 12.9. The number of hydrogen-bond donors (Lipinski definition) is 6. The number of benzene rings is 8. The van der Waals surface area contributed by atoms with Crippen molar-refractivity contribution in [3.05, 3.63) is 330 Å².